The monoisotopic (exact) mass is 274 g/mol. The fraction of sp³-hybridized carbons (Fsp3) is 0.438. The topological polar surface area (TPSA) is 56.6 Å². The van der Waals surface area contributed by atoms with Crippen molar-refractivity contribution >= 4 is 16.6 Å². The second-order valence-corrected chi connectivity index (χ2v) is 5.02. The Bertz CT molecular complexity index is 557. The van der Waals surface area contributed by atoms with Crippen LogP contribution in [0.3, 0.4) is 0 Å². The lowest BCUT2D eigenvalue weighted by molar-refractivity contribution is 0.277. The molecular weight excluding hydrogens is 252 g/mol. The largest absolute Gasteiger partial charge is 0.396 e. The molecule has 0 aliphatic heterocycles. The van der Waals surface area contributed by atoms with Crippen molar-refractivity contribution in [2.24, 2.45) is 0 Å². The Morgan fingerprint density at radius 1 is 1.10 bits per heavy atom. The third-order valence-electron chi connectivity index (χ3n) is 3.45. The Hall–Kier alpha value is -1.65. The number of aromatic nitrogens is 1. The zero-order valence-corrected chi connectivity index (χ0v) is 11.9. The Morgan fingerprint density at radius 3 is 2.65 bits per heavy atom. The molecule has 2 rings (SSSR count). The van der Waals surface area contributed by atoms with Crippen molar-refractivity contribution < 1.29 is 10.2 Å². The summed E-state index contributed by atoms with van der Waals surface area (Å²) < 4.78 is 0. The summed E-state index contributed by atoms with van der Waals surface area (Å²) in [5.41, 5.74) is 0.695. The highest BCUT2D eigenvalue weighted by atomic mass is 16.3. The number of fused-ring (bicyclic) bond motifs is 1. The van der Waals surface area contributed by atoms with Crippen molar-refractivity contribution in [1.29, 1.82) is 0 Å². The van der Waals surface area contributed by atoms with Gasteiger partial charge in [0, 0.05) is 25.6 Å². The summed E-state index contributed by atoms with van der Waals surface area (Å²) in [4.78, 5) is 6.67. The minimum absolute atomic E-state index is 0.0454. The summed E-state index contributed by atoms with van der Waals surface area (Å²) in [5, 5.41) is 20.4. The first-order chi connectivity index (χ1) is 9.76. The first-order valence-corrected chi connectivity index (χ1v) is 7.07. The van der Waals surface area contributed by atoms with E-state index in [1.165, 1.54) is 0 Å². The van der Waals surface area contributed by atoms with Gasteiger partial charge in [-0.15, -0.1) is 0 Å². The van der Waals surface area contributed by atoms with Crippen LogP contribution in [-0.2, 0) is 6.61 Å². The predicted octanol–water partition coefficient (Wildman–Crippen LogP) is 2.33. The summed E-state index contributed by atoms with van der Waals surface area (Å²) >= 11 is 0. The number of benzene rings is 1. The van der Waals surface area contributed by atoms with Gasteiger partial charge >= 0.3 is 0 Å². The standard InChI is InChI=1S/C16H22N2O2/c1-18(9-5-2-6-10-19)16-15-8-4-3-7-13(15)11-14(12-20)17-16/h3-4,7-8,11,19-20H,2,5-6,9-10,12H2,1H3. The normalized spacial score (nSPS) is 10.9. The molecule has 1 aromatic heterocycles. The molecule has 0 aliphatic carbocycles. The smallest absolute Gasteiger partial charge is 0.136 e. The van der Waals surface area contributed by atoms with Crippen molar-refractivity contribution in [3.8, 4) is 0 Å². The quantitative estimate of drug-likeness (QED) is 0.761. The molecule has 0 bridgehead atoms. The van der Waals surface area contributed by atoms with E-state index in [0.717, 1.165) is 42.4 Å². The molecule has 0 fully saturated rings. The van der Waals surface area contributed by atoms with Crippen molar-refractivity contribution in [2.75, 3.05) is 25.1 Å². The summed E-state index contributed by atoms with van der Waals surface area (Å²) in [7, 11) is 2.02. The molecule has 0 radical (unpaired) electrons. The number of unbranched alkanes of at least 4 members (excludes halogenated alkanes) is 2. The first kappa shape index (κ1) is 14.8. The van der Waals surface area contributed by atoms with Gasteiger partial charge in [-0.1, -0.05) is 24.3 Å². The maximum atomic E-state index is 9.34. The number of aliphatic hydroxyl groups is 2. The number of anilines is 1. The molecule has 0 unspecified atom stereocenters. The zero-order valence-electron chi connectivity index (χ0n) is 11.9. The summed E-state index contributed by atoms with van der Waals surface area (Å²) in [6.07, 6.45) is 2.88. The third-order valence-corrected chi connectivity index (χ3v) is 3.45. The van der Waals surface area contributed by atoms with E-state index in [2.05, 4.69) is 16.0 Å². The van der Waals surface area contributed by atoms with Crippen LogP contribution in [0.2, 0.25) is 0 Å². The van der Waals surface area contributed by atoms with Crippen LogP contribution in [0.1, 0.15) is 25.0 Å². The molecule has 0 saturated carbocycles. The third kappa shape index (κ3) is 3.46. The van der Waals surface area contributed by atoms with E-state index in [0.29, 0.717) is 5.69 Å². The highest BCUT2D eigenvalue weighted by Gasteiger charge is 2.09. The Kier molecular flexibility index (Phi) is 5.32. The molecule has 0 spiro atoms. The Labute approximate surface area is 119 Å². The van der Waals surface area contributed by atoms with Crippen molar-refractivity contribution in [3.05, 3.63) is 36.0 Å². The van der Waals surface area contributed by atoms with Gasteiger partial charge in [0.1, 0.15) is 5.82 Å². The molecule has 1 heterocycles. The molecule has 0 saturated heterocycles. The Morgan fingerprint density at radius 2 is 1.90 bits per heavy atom. The van der Waals surface area contributed by atoms with Crippen LogP contribution < -0.4 is 4.90 Å². The fourth-order valence-electron chi connectivity index (χ4n) is 2.35. The van der Waals surface area contributed by atoms with Crippen LogP contribution >= 0.6 is 0 Å². The molecule has 20 heavy (non-hydrogen) atoms. The van der Waals surface area contributed by atoms with Crippen molar-refractivity contribution in [1.82, 2.24) is 4.98 Å². The molecule has 0 amide bonds. The summed E-state index contributed by atoms with van der Waals surface area (Å²) in [5.74, 6) is 0.913. The molecule has 0 atom stereocenters. The second kappa shape index (κ2) is 7.22. The number of nitrogens with zero attached hydrogens (tertiary/aromatic N) is 2. The van der Waals surface area contributed by atoms with Crippen molar-refractivity contribution in [3.63, 3.8) is 0 Å². The molecule has 108 valence electrons. The zero-order chi connectivity index (χ0) is 14.4. The van der Waals surface area contributed by atoms with Crippen LogP contribution in [0.15, 0.2) is 30.3 Å². The van der Waals surface area contributed by atoms with Crippen LogP contribution in [0, 0.1) is 0 Å². The lowest BCUT2D eigenvalue weighted by atomic mass is 10.1. The number of hydrogen-bond donors (Lipinski definition) is 2. The predicted molar refractivity (Wildman–Crippen MR) is 81.9 cm³/mol. The van der Waals surface area contributed by atoms with Gasteiger partial charge in [0.25, 0.3) is 0 Å². The van der Waals surface area contributed by atoms with Gasteiger partial charge in [0.2, 0.25) is 0 Å². The van der Waals surface area contributed by atoms with Crippen molar-refractivity contribution in [2.45, 2.75) is 25.9 Å². The van der Waals surface area contributed by atoms with Crippen LogP contribution in [0.25, 0.3) is 10.8 Å². The van der Waals surface area contributed by atoms with Gasteiger partial charge < -0.3 is 15.1 Å². The van der Waals surface area contributed by atoms with Crippen LogP contribution in [0.5, 0.6) is 0 Å². The number of rotatable bonds is 7. The molecule has 2 aromatic rings. The number of hydrogen-bond acceptors (Lipinski definition) is 4. The second-order valence-electron chi connectivity index (χ2n) is 5.02. The Balaban J connectivity index is 2.22. The molecule has 4 heteroatoms. The highest BCUT2D eigenvalue weighted by molar-refractivity contribution is 5.92. The van der Waals surface area contributed by atoms with Crippen LogP contribution in [0.4, 0.5) is 5.82 Å². The average molecular weight is 274 g/mol. The van der Waals surface area contributed by atoms with E-state index >= 15 is 0 Å². The minimum Gasteiger partial charge on any atom is -0.396 e. The summed E-state index contributed by atoms with van der Waals surface area (Å²) in [6, 6.07) is 10.0. The number of aliphatic hydroxyl groups excluding tert-OH is 2. The van der Waals surface area contributed by atoms with E-state index in [1.807, 2.05) is 31.3 Å². The first-order valence-electron chi connectivity index (χ1n) is 7.07. The van der Waals surface area contributed by atoms with Gasteiger partial charge in [-0.25, -0.2) is 4.98 Å². The molecule has 4 nitrogen and oxygen atoms in total. The lowest BCUT2D eigenvalue weighted by Gasteiger charge is -2.20. The van der Waals surface area contributed by atoms with E-state index < -0.39 is 0 Å². The van der Waals surface area contributed by atoms with E-state index in [-0.39, 0.29) is 13.2 Å². The maximum Gasteiger partial charge on any atom is 0.136 e. The van der Waals surface area contributed by atoms with E-state index in [4.69, 9.17) is 5.11 Å². The minimum atomic E-state index is -0.0454. The van der Waals surface area contributed by atoms with Gasteiger partial charge in [-0.05, 0) is 30.7 Å². The molecule has 2 N–H and O–H groups in total. The van der Waals surface area contributed by atoms with Gasteiger partial charge in [-0.3, -0.25) is 0 Å². The van der Waals surface area contributed by atoms with Crippen LogP contribution in [-0.4, -0.2) is 35.4 Å². The molecule has 0 aliphatic rings. The highest BCUT2D eigenvalue weighted by Crippen LogP contribution is 2.25. The van der Waals surface area contributed by atoms with Gasteiger partial charge in [-0.2, -0.15) is 0 Å². The van der Waals surface area contributed by atoms with Gasteiger partial charge in [0.05, 0.1) is 12.3 Å². The SMILES string of the molecule is CN(CCCCCO)c1nc(CO)cc2ccccc12. The summed E-state index contributed by atoms with van der Waals surface area (Å²) in [6.45, 7) is 1.10. The number of pyridine rings is 1. The van der Waals surface area contributed by atoms with Gasteiger partial charge in [0.15, 0.2) is 0 Å². The van der Waals surface area contributed by atoms with E-state index in [9.17, 15) is 5.11 Å². The average Bonchev–Trinajstić information content (AvgIpc) is 2.50. The lowest BCUT2D eigenvalue weighted by Crippen LogP contribution is -2.20. The van der Waals surface area contributed by atoms with E-state index in [1.54, 1.807) is 0 Å². The maximum absolute atomic E-state index is 9.34. The fourth-order valence-corrected chi connectivity index (χ4v) is 2.35. The molecular formula is C16H22N2O2. The molecule has 1 aromatic carbocycles.